The second kappa shape index (κ2) is 10.1. The van der Waals surface area contributed by atoms with Gasteiger partial charge in [0.1, 0.15) is 6.04 Å². The van der Waals surface area contributed by atoms with Crippen LogP contribution in [0.4, 0.5) is 4.79 Å². The van der Waals surface area contributed by atoms with Gasteiger partial charge in [0.05, 0.1) is 12.6 Å². The normalized spacial score (nSPS) is 12.7. The molecule has 0 bridgehead atoms. The smallest absolute Gasteiger partial charge is 0.326 e. The number of urea groups is 1. The lowest BCUT2D eigenvalue weighted by atomic mass is 10.0. The molecule has 1 aromatic heterocycles. The number of aromatic amines is 1. The fourth-order valence-electron chi connectivity index (χ4n) is 3.94. The van der Waals surface area contributed by atoms with Crippen LogP contribution in [0.2, 0.25) is 0 Å². The van der Waals surface area contributed by atoms with Crippen molar-refractivity contribution in [1.82, 2.24) is 20.9 Å². The molecule has 8 heteroatoms. The Morgan fingerprint density at radius 1 is 0.941 bits per heavy atom. The number of aromatic nitrogens is 1. The third-order valence-corrected chi connectivity index (χ3v) is 5.76. The second-order valence-electron chi connectivity index (χ2n) is 8.18. The number of para-hydroxylation sites is 1. The Morgan fingerprint density at radius 3 is 2.47 bits per heavy atom. The average molecular weight is 459 g/mol. The first-order valence-corrected chi connectivity index (χ1v) is 11.0. The zero-order valence-electron chi connectivity index (χ0n) is 18.7. The highest BCUT2D eigenvalue weighted by atomic mass is 16.4. The molecule has 34 heavy (non-hydrogen) atoms. The van der Waals surface area contributed by atoms with Crippen molar-refractivity contribution in [1.29, 1.82) is 0 Å². The average Bonchev–Trinajstić information content (AvgIpc) is 3.24. The zero-order valence-corrected chi connectivity index (χ0v) is 18.7. The summed E-state index contributed by atoms with van der Waals surface area (Å²) in [6.07, 6.45) is 1.85. The molecular weight excluding hydrogens is 432 g/mol. The third-order valence-electron chi connectivity index (χ3n) is 5.76. The van der Waals surface area contributed by atoms with E-state index in [0.29, 0.717) is 0 Å². The lowest BCUT2D eigenvalue weighted by Gasteiger charge is -2.17. The number of hydrogen-bond donors (Lipinski definition) is 5. The minimum absolute atomic E-state index is 0.109. The zero-order chi connectivity index (χ0) is 24.1. The monoisotopic (exact) mass is 458 g/mol. The van der Waals surface area contributed by atoms with Crippen molar-refractivity contribution in [2.24, 2.45) is 0 Å². The van der Waals surface area contributed by atoms with Crippen LogP contribution in [0.15, 0.2) is 72.9 Å². The number of carbonyl (C=O) groups is 3. The molecule has 0 aliphatic carbocycles. The molecule has 3 amide bonds. The van der Waals surface area contributed by atoms with Gasteiger partial charge in [0, 0.05) is 23.5 Å². The largest absolute Gasteiger partial charge is 0.480 e. The molecule has 174 valence electrons. The summed E-state index contributed by atoms with van der Waals surface area (Å²) < 4.78 is 0. The first-order chi connectivity index (χ1) is 16.4. The highest BCUT2D eigenvalue weighted by Gasteiger charge is 2.22. The lowest BCUT2D eigenvalue weighted by molar-refractivity contribution is -0.139. The van der Waals surface area contributed by atoms with Gasteiger partial charge in [-0.05, 0) is 41.0 Å². The van der Waals surface area contributed by atoms with Gasteiger partial charge in [-0.3, -0.25) is 4.79 Å². The third kappa shape index (κ3) is 5.35. The number of aliphatic carboxylic acids is 1. The van der Waals surface area contributed by atoms with Crippen LogP contribution in [-0.2, 0) is 16.0 Å². The second-order valence-corrected chi connectivity index (χ2v) is 8.18. The van der Waals surface area contributed by atoms with Gasteiger partial charge in [-0.25, -0.2) is 9.59 Å². The molecule has 8 nitrogen and oxygen atoms in total. The van der Waals surface area contributed by atoms with Gasteiger partial charge in [-0.2, -0.15) is 0 Å². The Balaban J connectivity index is 1.30. The number of rotatable bonds is 8. The molecule has 0 radical (unpaired) electrons. The maximum absolute atomic E-state index is 12.3. The van der Waals surface area contributed by atoms with E-state index in [9.17, 15) is 19.5 Å². The van der Waals surface area contributed by atoms with Crippen molar-refractivity contribution < 1.29 is 19.5 Å². The SMILES string of the molecule is C[C@H](NC(=O)CNC(=O)N[C@H](Cc1c[nH]c2ccccc12)C(=O)O)c1ccc2ccccc2c1. The van der Waals surface area contributed by atoms with Crippen LogP contribution in [0.1, 0.15) is 24.1 Å². The van der Waals surface area contributed by atoms with Crippen LogP contribution in [-0.4, -0.2) is 40.6 Å². The van der Waals surface area contributed by atoms with E-state index in [2.05, 4.69) is 20.9 Å². The van der Waals surface area contributed by atoms with Crippen LogP contribution in [0.5, 0.6) is 0 Å². The number of benzene rings is 3. The van der Waals surface area contributed by atoms with Crippen molar-refractivity contribution >= 4 is 39.6 Å². The Morgan fingerprint density at radius 2 is 1.68 bits per heavy atom. The van der Waals surface area contributed by atoms with E-state index in [1.54, 1.807) is 6.20 Å². The molecule has 0 saturated heterocycles. The van der Waals surface area contributed by atoms with Crippen LogP contribution in [0.3, 0.4) is 0 Å². The minimum atomic E-state index is -1.16. The lowest BCUT2D eigenvalue weighted by Crippen LogP contribution is -2.49. The first-order valence-electron chi connectivity index (χ1n) is 11.0. The number of hydrogen-bond acceptors (Lipinski definition) is 3. The number of carbonyl (C=O) groups excluding carboxylic acids is 2. The van der Waals surface area contributed by atoms with E-state index < -0.39 is 18.0 Å². The number of amides is 3. The van der Waals surface area contributed by atoms with Crippen LogP contribution >= 0.6 is 0 Å². The molecule has 0 spiro atoms. The number of H-pyrrole nitrogens is 1. The number of fused-ring (bicyclic) bond motifs is 2. The summed E-state index contributed by atoms with van der Waals surface area (Å²) in [4.78, 5) is 39.4. The number of carboxylic acid groups (broad SMARTS) is 1. The van der Waals surface area contributed by atoms with E-state index >= 15 is 0 Å². The van der Waals surface area contributed by atoms with Gasteiger partial charge in [0.15, 0.2) is 0 Å². The summed E-state index contributed by atoms with van der Waals surface area (Å²) in [5, 5.41) is 20.4. The van der Waals surface area contributed by atoms with Gasteiger partial charge < -0.3 is 26.0 Å². The standard InChI is InChI=1S/C26H26N4O4/c1-16(18-11-10-17-6-2-3-7-19(17)12-18)29-24(31)15-28-26(34)30-23(25(32)33)13-20-14-27-22-9-5-4-8-21(20)22/h2-12,14,16,23,27H,13,15H2,1H3,(H,29,31)(H,32,33)(H2,28,30,34)/t16-,23+/m0/s1. The number of carboxylic acids is 1. The first kappa shape index (κ1) is 22.8. The van der Waals surface area contributed by atoms with Gasteiger partial charge in [0.25, 0.3) is 0 Å². The molecule has 4 aromatic rings. The Labute approximate surface area is 196 Å². The van der Waals surface area contributed by atoms with Gasteiger partial charge >= 0.3 is 12.0 Å². The van der Waals surface area contributed by atoms with Gasteiger partial charge in [0.2, 0.25) is 5.91 Å². The fraction of sp³-hybridized carbons (Fsp3) is 0.192. The topological polar surface area (TPSA) is 123 Å². The fourth-order valence-corrected chi connectivity index (χ4v) is 3.94. The summed E-state index contributed by atoms with van der Waals surface area (Å²) in [7, 11) is 0. The molecular formula is C26H26N4O4. The Kier molecular flexibility index (Phi) is 6.77. The van der Waals surface area contributed by atoms with Crippen LogP contribution < -0.4 is 16.0 Å². The molecule has 0 saturated carbocycles. The highest BCUT2D eigenvalue weighted by molar-refractivity contribution is 5.88. The molecule has 0 aliphatic rings. The van der Waals surface area contributed by atoms with Crippen molar-refractivity contribution in [3.8, 4) is 0 Å². The van der Waals surface area contributed by atoms with E-state index in [1.807, 2.05) is 73.7 Å². The van der Waals surface area contributed by atoms with E-state index in [4.69, 9.17) is 0 Å². The molecule has 0 fully saturated rings. The van der Waals surface area contributed by atoms with E-state index in [-0.39, 0.29) is 24.9 Å². The maximum Gasteiger partial charge on any atom is 0.326 e. The van der Waals surface area contributed by atoms with Crippen LogP contribution in [0.25, 0.3) is 21.7 Å². The van der Waals surface area contributed by atoms with Crippen molar-refractivity contribution in [3.63, 3.8) is 0 Å². The predicted molar refractivity (Wildman–Crippen MR) is 130 cm³/mol. The summed E-state index contributed by atoms with van der Waals surface area (Å²) in [6.45, 7) is 1.59. The summed E-state index contributed by atoms with van der Waals surface area (Å²) >= 11 is 0. The molecule has 0 unspecified atom stereocenters. The molecule has 1 heterocycles. The maximum atomic E-state index is 12.3. The van der Waals surface area contributed by atoms with Gasteiger partial charge in [-0.1, -0.05) is 54.6 Å². The van der Waals surface area contributed by atoms with Crippen molar-refractivity contribution in [3.05, 3.63) is 84.1 Å². The summed E-state index contributed by atoms with van der Waals surface area (Å²) in [5.74, 6) is -1.53. The Hall–Kier alpha value is -4.33. The van der Waals surface area contributed by atoms with Crippen LogP contribution in [0, 0.1) is 0 Å². The molecule has 2 atom stereocenters. The highest BCUT2D eigenvalue weighted by Crippen LogP contribution is 2.20. The van der Waals surface area contributed by atoms with Gasteiger partial charge in [-0.15, -0.1) is 0 Å². The molecule has 0 aliphatic heterocycles. The minimum Gasteiger partial charge on any atom is -0.480 e. The quantitative estimate of drug-likeness (QED) is 0.277. The van der Waals surface area contributed by atoms with Crippen molar-refractivity contribution in [2.75, 3.05) is 6.54 Å². The summed E-state index contributed by atoms with van der Waals surface area (Å²) in [6, 6.07) is 19.4. The van der Waals surface area contributed by atoms with E-state index in [0.717, 1.165) is 32.8 Å². The predicted octanol–water partition coefficient (Wildman–Crippen LogP) is 3.49. The summed E-state index contributed by atoms with van der Waals surface area (Å²) in [5.41, 5.74) is 2.62. The van der Waals surface area contributed by atoms with Crippen molar-refractivity contribution in [2.45, 2.75) is 25.4 Å². The molecule has 3 aromatic carbocycles. The molecule has 5 N–H and O–H groups in total. The number of nitrogens with one attached hydrogen (secondary N) is 4. The van der Waals surface area contributed by atoms with E-state index in [1.165, 1.54) is 0 Å². The molecule has 4 rings (SSSR count). The Bertz CT molecular complexity index is 1350.